The molecule has 1 aliphatic heterocycles. The number of carboxylic acids is 1. The van der Waals surface area contributed by atoms with Crippen LogP contribution in [0.15, 0.2) is 18.2 Å². The maximum atomic E-state index is 11.4. The number of rotatable bonds is 1. The van der Waals surface area contributed by atoms with Crippen molar-refractivity contribution in [3.63, 3.8) is 0 Å². The fraction of sp³-hybridized carbons (Fsp3) is 0.273. The highest BCUT2D eigenvalue weighted by atomic mass is 16.4. The fourth-order valence-corrected chi connectivity index (χ4v) is 1.76. The molecule has 5 heteroatoms. The molecule has 0 spiro atoms. The Morgan fingerprint density at radius 2 is 2.25 bits per heavy atom. The van der Waals surface area contributed by atoms with E-state index < -0.39 is 5.97 Å². The third-order valence-electron chi connectivity index (χ3n) is 2.62. The molecule has 0 bridgehead atoms. The van der Waals surface area contributed by atoms with Crippen LogP contribution in [-0.4, -0.2) is 30.6 Å². The molecule has 0 radical (unpaired) electrons. The van der Waals surface area contributed by atoms with Crippen LogP contribution in [0.3, 0.4) is 0 Å². The Morgan fingerprint density at radius 3 is 2.94 bits per heavy atom. The van der Waals surface area contributed by atoms with E-state index in [2.05, 4.69) is 5.32 Å². The molecule has 1 aliphatic rings. The van der Waals surface area contributed by atoms with Gasteiger partial charge in [-0.25, -0.2) is 4.79 Å². The second kappa shape index (κ2) is 3.84. The van der Waals surface area contributed by atoms with E-state index in [4.69, 9.17) is 5.11 Å². The first-order valence-electron chi connectivity index (χ1n) is 4.97. The van der Waals surface area contributed by atoms with Crippen molar-refractivity contribution in [3.05, 3.63) is 23.8 Å². The number of nitrogens with zero attached hydrogens (tertiary/aromatic N) is 1. The van der Waals surface area contributed by atoms with Crippen LogP contribution < -0.4 is 10.2 Å². The number of amides is 1. The van der Waals surface area contributed by atoms with Crippen LogP contribution in [0.25, 0.3) is 0 Å². The topological polar surface area (TPSA) is 69.6 Å². The zero-order valence-electron chi connectivity index (χ0n) is 8.86. The zero-order chi connectivity index (χ0) is 11.7. The van der Waals surface area contributed by atoms with Crippen LogP contribution in [0, 0.1) is 0 Å². The number of nitrogens with one attached hydrogen (secondary N) is 1. The monoisotopic (exact) mass is 220 g/mol. The van der Waals surface area contributed by atoms with Gasteiger partial charge in [0.25, 0.3) is 0 Å². The van der Waals surface area contributed by atoms with E-state index >= 15 is 0 Å². The number of benzene rings is 1. The second-order valence-electron chi connectivity index (χ2n) is 3.72. The van der Waals surface area contributed by atoms with Crippen LogP contribution >= 0.6 is 0 Å². The first-order chi connectivity index (χ1) is 7.59. The van der Waals surface area contributed by atoms with Crippen LogP contribution in [0.5, 0.6) is 0 Å². The van der Waals surface area contributed by atoms with Gasteiger partial charge >= 0.3 is 5.97 Å². The van der Waals surface area contributed by atoms with E-state index in [-0.39, 0.29) is 11.5 Å². The average Bonchev–Trinajstić information content (AvgIpc) is 2.38. The molecule has 1 heterocycles. The standard InChI is InChI=1S/C11H12N2O3/c1-13-6-5-9(14)12-10-7(11(15)16)3-2-4-8(10)13/h2-4H,5-6H2,1H3,(H,12,14)(H,15,16). The Labute approximate surface area is 92.7 Å². The summed E-state index contributed by atoms with van der Waals surface area (Å²) in [5, 5.41) is 11.7. The highest BCUT2D eigenvalue weighted by Crippen LogP contribution is 2.31. The predicted molar refractivity (Wildman–Crippen MR) is 59.9 cm³/mol. The van der Waals surface area contributed by atoms with Crippen molar-refractivity contribution in [1.29, 1.82) is 0 Å². The lowest BCUT2D eigenvalue weighted by atomic mass is 10.1. The summed E-state index contributed by atoms with van der Waals surface area (Å²) < 4.78 is 0. The smallest absolute Gasteiger partial charge is 0.337 e. The van der Waals surface area contributed by atoms with Crippen molar-refractivity contribution in [3.8, 4) is 0 Å². The van der Waals surface area contributed by atoms with Crippen molar-refractivity contribution in [2.24, 2.45) is 0 Å². The molecular formula is C11H12N2O3. The van der Waals surface area contributed by atoms with Crippen LogP contribution in [0.4, 0.5) is 11.4 Å². The van der Waals surface area contributed by atoms with Gasteiger partial charge in [0.1, 0.15) is 0 Å². The van der Waals surface area contributed by atoms with Gasteiger partial charge in [-0.3, -0.25) is 4.79 Å². The van der Waals surface area contributed by atoms with E-state index in [0.29, 0.717) is 18.7 Å². The molecule has 16 heavy (non-hydrogen) atoms. The summed E-state index contributed by atoms with van der Waals surface area (Å²) in [4.78, 5) is 24.3. The minimum Gasteiger partial charge on any atom is -0.478 e. The molecule has 0 unspecified atom stereocenters. The number of anilines is 2. The number of fused-ring (bicyclic) bond motifs is 1. The van der Waals surface area contributed by atoms with Crippen molar-refractivity contribution in [2.75, 3.05) is 23.8 Å². The quantitative estimate of drug-likeness (QED) is 0.745. The maximum absolute atomic E-state index is 11.4. The van der Waals surface area contributed by atoms with Gasteiger partial charge in [0.15, 0.2) is 0 Å². The number of hydrogen-bond acceptors (Lipinski definition) is 3. The van der Waals surface area contributed by atoms with Gasteiger partial charge in [-0.05, 0) is 12.1 Å². The van der Waals surface area contributed by atoms with E-state index in [1.807, 2.05) is 11.9 Å². The Balaban J connectivity index is 2.58. The summed E-state index contributed by atoms with van der Waals surface area (Å²) in [6.45, 7) is 0.585. The van der Waals surface area contributed by atoms with Crippen molar-refractivity contribution >= 4 is 23.3 Å². The summed E-state index contributed by atoms with van der Waals surface area (Å²) >= 11 is 0. The molecular weight excluding hydrogens is 208 g/mol. The highest BCUT2D eigenvalue weighted by Gasteiger charge is 2.21. The molecule has 84 valence electrons. The van der Waals surface area contributed by atoms with Crippen molar-refractivity contribution < 1.29 is 14.7 Å². The van der Waals surface area contributed by atoms with Gasteiger partial charge < -0.3 is 15.3 Å². The third-order valence-corrected chi connectivity index (χ3v) is 2.62. The molecule has 0 fully saturated rings. The zero-order valence-corrected chi connectivity index (χ0v) is 8.86. The van der Waals surface area contributed by atoms with Gasteiger partial charge in [-0.2, -0.15) is 0 Å². The molecule has 0 aromatic heterocycles. The average molecular weight is 220 g/mol. The van der Waals surface area contributed by atoms with Crippen LogP contribution in [-0.2, 0) is 4.79 Å². The van der Waals surface area contributed by atoms with Crippen LogP contribution in [0.1, 0.15) is 16.8 Å². The van der Waals surface area contributed by atoms with Gasteiger partial charge in [0, 0.05) is 20.0 Å². The number of carboxylic acid groups (broad SMARTS) is 1. The molecule has 2 rings (SSSR count). The van der Waals surface area contributed by atoms with Crippen LogP contribution in [0.2, 0.25) is 0 Å². The second-order valence-corrected chi connectivity index (χ2v) is 3.72. The summed E-state index contributed by atoms with van der Waals surface area (Å²) in [6.07, 6.45) is 0.365. The van der Waals surface area contributed by atoms with Gasteiger partial charge in [-0.1, -0.05) is 6.07 Å². The summed E-state index contributed by atoms with van der Waals surface area (Å²) in [5.41, 5.74) is 1.25. The Bertz CT molecular complexity index is 457. The van der Waals surface area contributed by atoms with E-state index in [0.717, 1.165) is 5.69 Å². The molecule has 1 amide bonds. The molecule has 1 aromatic carbocycles. The lowest BCUT2D eigenvalue weighted by molar-refractivity contribution is -0.115. The number of carbonyl (C=O) groups is 2. The summed E-state index contributed by atoms with van der Waals surface area (Å²) in [6, 6.07) is 4.96. The molecule has 1 aromatic rings. The number of aromatic carboxylic acids is 1. The minimum atomic E-state index is -1.03. The first-order valence-corrected chi connectivity index (χ1v) is 4.97. The molecule has 0 saturated carbocycles. The van der Waals surface area contributed by atoms with Crippen molar-refractivity contribution in [1.82, 2.24) is 0 Å². The fourth-order valence-electron chi connectivity index (χ4n) is 1.76. The number of para-hydroxylation sites is 1. The predicted octanol–water partition coefficient (Wildman–Crippen LogP) is 1.16. The molecule has 0 saturated heterocycles. The first kappa shape index (κ1) is 10.5. The molecule has 0 atom stereocenters. The molecule has 0 aliphatic carbocycles. The minimum absolute atomic E-state index is 0.125. The lowest BCUT2D eigenvalue weighted by Crippen LogP contribution is -2.18. The highest BCUT2D eigenvalue weighted by molar-refractivity contribution is 6.05. The Morgan fingerprint density at radius 1 is 1.50 bits per heavy atom. The summed E-state index contributed by atoms with van der Waals surface area (Å²) in [7, 11) is 1.84. The van der Waals surface area contributed by atoms with Gasteiger partial charge in [-0.15, -0.1) is 0 Å². The maximum Gasteiger partial charge on any atom is 0.337 e. The Kier molecular flexibility index (Phi) is 2.52. The third kappa shape index (κ3) is 1.71. The number of carbonyl (C=O) groups excluding carboxylic acids is 1. The van der Waals surface area contributed by atoms with E-state index in [9.17, 15) is 9.59 Å². The Hall–Kier alpha value is -2.04. The number of hydrogen-bond donors (Lipinski definition) is 2. The normalized spacial score (nSPS) is 15.1. The molecule has 2 N–H and O–H groups in total. The van der Waals surface area contributed by atoms with Gasteiger partial charge in [0.2, 0.25) is 5.91 Å². The van der Waals surface area contributed by atoms with Crippen molar-refractivity contribution in [2.45, 2.75) is 6.42 Å². The SMILES string of the molecule is CN1CCC(=O)Nc2c(C(=O)O)cccc21. The van der Waals surface area contributed by atoms with Gasteiger partial charge in [0.05, 0.1) is 16.9 Å². The largest absolute Gasteiger partial charge is 0.478 e. The van der Waals surface area contributed by atoms with E-state index in [1.54, 1.807) is 12.1 Å². The lowest BCUT2D eigenvalue weighted by Gasteiger charge is -2.19. The molecule has 5 nitrogen and oxygen atoms in total. The summed E-state index contributed by atoms with van der Waals surface area (Å²) in [5.74, 6) is -1.19. The van der Waals surface area contributed by atoms with E-state index in [1.165, 1.54) is 6.07 Å².